The van der Waals surface area contributed by atoms with E-state index in [2.05, 4.69) is 22.2 Å². The number of hydrogen-bond donors (Lipinski definition) is 1. The Hall–Kier alpha value is -1.95. The average molecular weight is 290 g/mol. The van der Waals surface area contributed by atoms with E-state index in [1.165, 1.54) is 0 Å². The van der Waals surface area contributed by atoms with E-state index >= 15 is 0 Å². The van der Waals surface area contributed by atoms with Gasteiger partial charge in [0.2, 0.25) is 4.77 Å². The number of aromatic amines is 1. The van der Waals surface area contributed by atoms with Crippen molar-refractivity contribution in [2.24, 2.45) is 5.10 Å². The quantitative estimate of drug-likeness (QED) is 0.656. The molecule has 0 aliphatic carbocycles. The molecule has 2 aromatic rings. The molecule has 0 fully saturated rings. The molecule has 6 heteroatoms. The zero-order chi connectivity index (χ0) is 14.4. The van der Waals surface area contributed by atoms with E-state index < -0.39 is 0 Å². The summed E-state index contributed by atoms with van der Waals surface area (Å²) in [6, 6.07) is 7.70. The van der Waals surface area contributed by atoms with Crippen LogP contribution in [0.4, 0.5) is 0 Å². The highest BCUT2D eigenvalue weighted by Gasteiger charge is 2.03. The van der Waals surface area contributed by atoms with Crippen molar-refractivity contribution in [3.63, 3.8) is 0 Å². The summed E-state index contributed by atoms with van der Waals surface area (Å²) < 4.78 is 7.37. The third kappa shape index (κ3) is 3.54. The molecule has 1 heterocycles. The first-order chi connectivity index (χ1) is 9.74. The lowest BCUT2D eigenvalue weighted by molar-refractivity contribution is 0.414. The summed E-state index contributed by atoms with van der Waals surface area (Å²) in [6.07, 6.45) is 4.79. The summed E-state index contributed by atoms with van der Waals surface area (Å²) in [7, 11) is 1.64. The Morgan fingerprint density at radius 1 is 1.50 bits per heavy atom. The lowest BCUT2D eigenvalue weighted by Gasteiger charge is -2.01. The molecule has 0 aliphatic rings. The standard InChI is InChI=1S/C14H18N4OS/c1-3-4-8-13-16-17-14(20)18(13)15-10-11-6-5-7-12(9-11)19-2/h5-7,9-10H,3-4,8H2,1-2H3,(H,17,20)/b15-10-. The van der Waals surface area contributed by atoms with Gasteiger partial charge in [-0.2, -0.15) is 14.9 Å². The number of ether oxygens (including phenoxy) is 1. The zero-order valence-corrected chi connectivity index (χ0v) is 12.5. The highest BCUT2D eigenvalue weighted by molar-refractivity contribution is 7.71. The molecule has 1 aromatic heterocycles. The van der Waals surface area contributed by atoms with Gasteiger partial charge in [-0.25, -0.2) is 0 Å². The number of hydrogen-bond acceptors (Lipinski definition) is 4. The first-order valence-corrected chi connectivity index (χ1v) is 7.00. The van der Waals surface area contributed by atoms with E-state index in [9.17, 15) is 0 Å². The van der Waals surface area contributed by atoms with Crippen LogP contribution in [-0.2, 0) is 6.42 Å². The van der Waals surface area contributed by atoms with E-state index in [0.29, 0.717) is 4.77 Å². The fraction of sp³-hybridized carbons (Fsp3) is 0.357. The smallest absolute Gasteiger partial charge is 0.216 e. The molecule has 0 amide bonds. The predicted molar refractivity (Wildman–Crippen MR) is 82.0 cm³/mol. The minimum Gasteiger partial charge on any atom is -0.497 e. The van der Waals surface area contributed by atoms with Gasteiger partial charge in [-0.15, -0.1) is 0 Å². The Morgan fingerprint density at radius 3 is 3.10 bits per heavy atom. The summed E-state index contributed by atoms with van der Waals surface area (Å²) in [4.78, 5) is 0. The maximum atomic E-state index is 5.19. The molecule has 0 aliphatic heterocycles. The third-order valence-corrected chi connectivity index (χ3v) is 3.15. The summed E-state index contributed by atoms with van der Waals surface area (Å²) in [6.45, 7) is 2.14. The molecule has 2 rings (SSSR count). The van der Waals surface area contributed by atoms with Gasteiger partial charge >= 0.3 is 0 Å². The van der Waals surface area contributed by atoms with Crippen LogP contribution in [0.25, 0.3) is 0 Å². The van der Waals surface area contributed by atoms with Crippen molar-refractivity contribution in [1.82, 2.24) is 14.9 Å². The minimum absolute atomic E-state index is 0.509. The van der Waals surface area contributed by atoms with Crippen LogP contribution in [0.2, 0.25) is 0 Å². The van der Waals surface area contributed by atoms with Gasteiger partial charge in [0.1, 0.15) is 5.75 Å². The molecule has 0 bridgehead atoms. The number of aryl methyl sites for hydroxylation is 1. The van der Waals surface area contributed by atoms with Gasteiger partial charge in [0, 0.05) is 6.42 Å². The Balaban J connectivity index is 2.22. The largest absolute Gasteiger partial charge is 0.497 e. The first-order valence-electron chi connectivity index (χ1n) is 6.59. The first kappa shape index (κ1) is 14.5. The molecule has 0 saturated carbocycles. The van der Waals surface area contributed by atoms with Gasteiger partial charge in [-0.3, -0.25) is 5.10 Å². The van der Waals surface area contributed by atoms with Crippen LogP contribution in [0.15, 0.2) is 29.4 Å². The maximum Gasteiger partial charge on any atom is 0.216 e. The van der Waals surface area contributed by atoms with Gasteiger partial charge in [-0.05, 0) is 36.3 Å². The lowest BCUT2D eigenvalue weighted by atomic mass is 10.2. The molecule has 20 heavy (non-hydrogen) atoms. The summed E-state index contributed by atoms with van der Waals surface area (Å²) in [5, 5.41) is 11.4. The maximum absolute atomic E-state index is 5.19. The van der Waals surface area contributed by atoms with E-state index in [4.69, 9.17) is 17.0 Å². The van der Waals surface area contributed by atoms with Crippen LogP contribution < -0.4 is 4.74 Å². The van der Waals surface area contributed by atoms with Crippen LogP contribution in [0.1, 0.15) is 31.2 Å². The number of nitrogens with one attached hydrogen (secondary N) is 1. The monoisotopic (exact) mass is 290 g/mol. The molecule has 106 valence electrons. The lowest BCUT2D eigenvalue weighted by Crippen LogP contribution is -1.99. The van der Waals surface area contributed by atoms with Gasteiger partial charge < -0.3 is 4.74 Å². The van der Waals surface area contributed by atoms with Crippen LogP contribution in [0.5, 0.6) is 5.75 Å². The molecule has 0 spiro atoms. The zero-order valence-electron chi connectivity index (χ0n) is 11.7. The van der Waals surface area contributed by atoms with Crippen molar-refractivity contribution in [2.75, 3.05) is 7.11 Å². The number of methoxy groups -OCH3 is 1. The Kier molecular flexibility index (Phi) is 5.06. The number of nitrogens with zero attached hydrogens (tertiary/aromatic N) is 3. The fourth-order valence-electron chi connectivity index (χ4n) is 1.79. The second-order valence-electron chi connectivity index (χ2n) is 4.38. The van der Waals surface area contributed by atoms with Crippen molar-refractivity contribution in [3.8, 4) is 5.75 Å². The van der Waals surface area contributed by atoms with Crippen LogP contribution in [0.3, 0.4) is 0 Å². The van der Waals surface area contributed by atoms with E-state index in [0.717, 1.165) is 36.4 Å². The van der Waals surface area contributed by atoms with E-state index in [1.54, 1.807) is 18.0 Å². The number of unbranched alkanes of at least 4 members (excludes halogenated alkanes) is 1. The van der Waals surface area contributed by atoms with Crippen LogP contribution >= 0.6 is 12.2 Å². The molecule has 1 aromatic carbocycles. The molecule has 1 N–H and O–H groups in total. The molecule has 0 unspecified atom stereocenters. The molecule has 0 saturated heterocycles. The van der Waals surface area contributed by atoms with Gasteiger partial charge in [0.15, 0.2) is 5.82 Å². The second-order valence-corrected chi connectivity index (χ2v) is 4.77. The van der Waals surface area contributed by atoms with Crippen molar-refractivity contribution < 1.29 is 4.74 Å². The third-order valence-electron chi connectivity index (χ3n) is 2.89. The highest BCUT2D eigenvalue weighted by atomic mass is 32.1. The van der Waals surface area contributed by atoms with Gasteiger partial charge in [-0.1, -0.05) is 25.5 Å². The molecule has 0 atom stereocenters. The van der Waals surface area contributed by atoms with Crippen LogP contribution in [-0.4, -0.2) is 28.2 Å². The van der Waals surface area contributed by atoms with E-state index in [1.807, 2.05) is 24.3 Å². The fourth-order valence-corrected chi connectivity index (χ4v) is 1.98. The Morgan fingerprint density at radius 2 is 2.35 bits per heavy atom. The van der Waals surface area contributed by atoms with Crippen molar-refractivity contribution >= 4 is 18.4 Å². The summed E-state index contributed by atoms with van der Waals surface area (Å²) in [5.74, 6) is 1.66. The molecule has 5 nitrogen and oxygen atoms in total. The van der Waals surface area contributed by atoms with Crippen molar-refractivity contribution in [3.05, 3.63) is 40.4 Å². The number of aromatic nitrogens is 3. The average Bonchev–Trinajstić information content (AvgIpc) is 2.83. The number of H-pyrrole nitrogens is 1. The van der Waals surface area contributed by atoms with E-state index in [-0.39, 0.29) is 0 Å². The van der Waals surface area contributed by atoms with Crippen molar-refractivity contribution in [1.29, 1.82) is 0 Å². The predicted octanol–water partition coefficient (Wildman–Crippen LogP) is 3.17. The molecule has 0 radical (unpaired) electrons. The minimum atomic E-state index is 0.509. The molecular formula is C14H18N4OS. The topological polar surface area (TPSA) is 55.2 Å². The highest BCUT2D eigenvalue weighted by Crippen LogP contribution is 2.11. The van der Waals surface area contributed by atoms with Crippen LogP contribution in [0, 0.1) is 4.77 Å². The molecular weight excluding hydrogens is 272 g/mol. The van der Waals surface area contributed by atoms with Gasteiger partial charge in [0.25, 0.3) is 0 Å². The van der Waals surface area contributed by atoms with Crippen molar-refractivity contribution in [2.45, 2.75) is 26.2 Å². The Labute approximate surface area is 123 Å². The number of rotatable bonds is 6. The number of benzene rings is 1. The normalized spacial score (nSPS) is 11.1. The SMILES string of the molecule is CCCCc1n[nH]c(=S)n1/N=C\c1cccc(OC)c1. The summed E-state index contributed by atoms with van der Waals surface area (Å²) in [5.41, 5.74) is 0.953. The summed E-state index contributed by atoms with van der Waals surface area (Å²) >= 11 is 5.19. The van der Waals surface area contributed by atoms with Gasteiger partial charge in [0.05, 0.1) is 13.3 Å². The Bertz CT molecular complexity index is 645. The second kappa shape index (κ2) is 7.00.